The molecule has 1 fully saturated rings. The molecule has 0 spiro atoms. The van der Waals surface area contributed by atoms with Crippen molar-refractivity contribution in [1.82, 2.24) is 5.32 Å². The average Bonchev–Trinajstić information content (AvgIpc) is 2.54. The summed E-state index contributed by atoms with van der Waals surface area (Å²) < 4.78 is 5.23. The Morgan fingerprint density at radius 3 is 2.53 bits per heavy atom. The minimum atomic E-state index is 0.234. The summed E-state index contributed by atoms with van der Waals surface area (Å²) in [5.74, 6) is 0.845. The Balaban J connectivity index is 2.43. The van der Waals surface area contributed by atoms with Gasteiger partial charge in [-0.3, -0.25) is 0 Å². The van der Waals surface area contributed by atoms with E-state index >= 15 is 0 Å². The molecule has 0 aliphatic heterocycles. The van der Waals surface area contributed by atoms with Gasteiger partial charge in [0.1, 0.15) is 0 Å². The fourth-order valence-electron chi connectivity index (χ4n) is 3.24. The lowest BCUT2D eigenvalue weighted by atomic mass is 9.76. The molecule has 1 aliphatic rings. The predicted molar refractivity (Wildman–Crippen MR) is 80.3 cm³/mol. The first-order chi connectivity index (χ1) is 8.97. The molecule has 114 valence electrons. The number of ether oxygens (including phenoxy) is 1. The van der Waals surface area contributed by atoms with Gasteiger partial charge in [-0.05, 0) is 43.4 Å². The molecule has 0 aromatic heterocycles. The maximum Gasteiger partial charge on any atom is 0.0616 e. The van der Waals surface area contributed by atoms with Crippen LogP contribution >= 0.6 is 0 Å². The number of aliphatic hydroxyl groups is 1. The topological polar surface area (TPSA) is 41.5 Å². The summed E-state index contributed by atoms with van der Waals surface area (Å²) in [5.41, 5.74) is 0.436. The van der Waals surface area contributed by atoms with Crippen LogP contribution in [0, 0.1) is 11.3 Å². The molecule has 3 heteroatoms. The molecule has 2 N–H and O–H groups in total. The lowest BCUT2D eigenvalue weighted by Gasteiger charge is -2.30. The first-order valence-corrected chi connectivity index (χ1v) is 7.83. The van der Waals surface area contributed by atoms with Gasteiger partial charge in [0.15, 0.2) is 0 Å². The zero-order valence-electron chi connectivity index (χ0n) is 13.2. The van der Waals surface area contributed by atoms with Crippen molar-refractivity contribution in [2.45, 2.75) is 71.4 Å². The maximum atomic E-state index is 9.10. The van der Waals surface area contributed by atoms with Gasteiger partial charge in [-0.1, -0.05) is 27.2 Å². The fraction of sp³-hybridized carbons (Fsp3) is 1.00. The first-order valence-electron chi connectivity index (χ1n) is 7.83. The highest BCUT2D eigenvalue weighted by Gasteiger charge is 2.28. The second-order valence-electron chi connectivity index (χ2n) is 7.10. The molecule has 0 heterocycles. The number of hydrogen-bond donors (Lipinski definition) is 2. The van der Waals surface area contributed by atoms with Crippen LogP contribution in [0.4, 0.5) is 0 Å². The minimum absolute atomic E-state index is 0.234. The zero-order chi connectivity index (χ0) is 14.3. The minimum Gasteiger partial charge on any atom is -0.396 e. The van der Waals surface area contributed by atoms with E-state index in [1.165, 1.54) is 32.1 Å². The molecule has 1 aliphatic carbocycles. The van der Waals surface area contributed by atoms with Crippen LogP contribution in [0.2, 0.25) is 0 Å². The molecule has 3 atom stereocenters. The van der Waals surface area contributed by atoms with Gasteiger partial charge in [-0.25, -0.2) is 0 Å². The van der Waals surface area contributed by atoms with Crippen molar-refractivity contribution in [2.24, 2.45) is 11.3 Å². The van der Waals surface area contributed by atoms with Crippen molar-refractivity contribution in [2.75, 3.05) is 20.3 Å². The van der Waals surface area contributed by atoms with E-state index in [0.29, 0.717) is 24.1 Å². The summed E-state index contributed by atoms with van der Waals surface area (Å²) >= 11 is 0. The van der Waals surface area contributed by atoms with Gasteiger partial charge in [0.05, 0.1) is 6.61 Å². The van der Waals surface area contributed by atoms with Crippen molar-refractivity contribution >= 4 is 0 Å². The highest BCUT2D eigenvalue weighted by molar-refractivity contribution is 4.83. The Morgan fingerprint density at radius 2 is 1.95 bits per heavy atom. The number of hydrogen-bond acceptors (Lipinski definition) is 3. The van der Waals surface area contributed by atoms with Crippen LogP contribution < -0.4 is 5.32 Å². The van der Waals surface area contributed by atoms with Crippen LogP contribution in [0.3, 0.4) is 0 Å². The first kappa shape index (κ1) is 16.9. The second-order valence-corrected chi connectivity index (χ2v) is 7.10. The number of nitrogens with one attached hydrogen (secondary N) is 1. The van der Waals surface area contributed by atoms with E-state index < -0.39 is 0 Å². The van der Waals surface area contributed by atoms with Crippen molar-refractivity contribution in [3.63, 3.8) is 0 Å². The Bertz CT molecular complexity index is 231. The molecule has 0 aromatic rings. The normalized spacial score (nSPS) is 27.0. The summed E-state index contributed by atoms with van der Waals surface area (Å²) in [6, 6.07) is 0.894. The van der Waals surface area contributed by atoms with E-state index in [2.05, 4.69) is 26.1 Å². The van der Waals surface area contributed by atoms with Crippen molar-refractivity contribution in [3.05, 3.63) is 0 Å². The summed E-state index contributed by atoms with van der Waals surface area (Å²) in [4.78, 5) is 0. The quantitative estimate of drug-likeness (QED) is 0.730. The molecule has 0 amide bonds. The molecule has 1 saturated carbocycles. The Kier molecular flexibility index (Phi) is 7.33. The van der Waals surface area contributed by atoms with Crippen molar-refractivity contribution in [3.8, 4) is 0 Å². The SMILES string of the molecule is COCC(CCO)NC1CCCC(C(C)(C)C)CC1. The highest BCUT2D eigenvalue weighted by atomic mass is 16.5. The van der Waals surface area contributed by atoms with E-state index in [4.69, 9.17) is 9.84 Å². The Labute approximate surface area is 119 Å². The lowest BCUT2D eigenvalue weighted by molar-refractivity contribution is 0.140. The second kappa shape index (κ2) is 8.23. The van der Waals surface area contributed by atoms with E-state index in [1.54, 1.807) is 7.11 Å². The summed E-state index contributed by atoms with van der Waals surface area (Å²) in [6.45, 7) is 8.03. The average molecular weight is 271 g/mol. The van der Waals surface area contributed by atoms with Gasteiger partial charge in [-0.2, -0.15) is 0 Å². The van der Waals surface area contributed by atoms with Gasteiger partial charge < -0.3 is 15.2 Å². The summed E-state index contributed by atoms with van der Waals surface area (Å²) in [7, 11) is 1.73. The Hall–Kier alpha value is -0.120. The highest BCUT2D eigenvalue weighted by Crippen LogP contribution is 2.36. The summed E-state index contributed by atoms with van der Waals surface area (Å²) in [5, 5.41) is 12.8. The van der Waals surface area contributed by atoms with E-state index in [0.717, 1.165) is 12.3 Å². The predicted octanol–water partition coefficient (Wildman–Crippen LogP) is 2.97. The number of methoxy groups -OCH3 is 1. The van der Waals surface area contributed by atoms with Crippen molar-refractivity contribution in [1.29, 1.82) is 0 Å². The molecule has 0 saturated heterocycles. The Morgan fingerprint density at radius 1 is 1.21 bits per heavy atom. The number of rotatable bonds is 6. The van der Waals surface area contributed by atoms with Gasteiger partial charge in [0.2, 0.25) is 0 Å². The monoisotopic (exact) mass is 271 g/mol. The molecular formula is C16H33NO2. The molecule has 1 rings (SSSR count). The van der Waals surface area contributed by atoms with Crippen LogP contribution in [0.15, 0.2) is 0 Å². The van der Waals surface area contributed by atoms with Gasteiger partial charge in [0, 0.05) is 25.8 Å². The third kappa shape index (κ3) is 6.24. The summed E-state index contributed by atoms with van der Waals surface area (Å²) in [6.07, 6.45) is 7.30. The molecule has 0 radical (unpaired) electrons. The molecule has 0 bridgehead atoms. The number of aliphatic hydroxyl groups excluding tert-OH is 1. The molecule has 0 aromatic carbocycles. The van der Waals surface area contributed by atoms with Crippen LogP contribution in [-0.2, 0) is 4.74 Å². The van der Waals surface area contributed by atoms with Gasteiger partial charge >= 0.3 is 0 Å². The molecule has 3 nitrogen and oxygen atoms in total. The molecule has 19 heavy (non-hydrogen) atoms. The van der Waals surface area contributed by atoms with E-state index in [-0.39, 0.29) is 6.61 Å². The van der Waals surface area contributed by atoms with Gasteiger partial charge in [-0.15, -0.1) is 0 Å². The van der Waals surface area contributed by atoms with E-state index in [9.17, 15) is 0 Å². The molecule has 3 unspecified atom stereocenters. The zero-order valence-corrected chi connectivity index (χ0v) is 13.2. The largest absolute Gasteiger partial charge is 0.396 e. The van der Waals surface area contributed by atoms with Gasteiger partial charge in [0.25, 0.3) is 0 Å². The van der Waals surface area contributed by atoms with Crippen LogP contribution in [0.25, 0.3) is 0 Å². The third-order valence-corrected chi connectivity index (χ3v) is 4.51. The van der Waals surface area contributed by atoms with Crippen LogP contribution in [0.5, 0.6) is 0 Å². The van der Waals surface area contributed by atoms with Crippen LogP contribution in [0.1, 0.15) is 59.3 Å². The third-order valence-electron chi connectivity index (χ3n) is 4.51. The standard InChI is InChI=1S/C16H33NO2/c1-16(2,3)13-6-5-7-14(9-8-13)17-15(10-11-18)12-19-4/h13-15,17-18H,5-12H2,1-4H3. The smallest absolute Gasteiger partial charge is 0.0616 e. The fourth-order valence-corrected chi connectivity index (χ4v) is 3.24. The maximum absolute atomic E-state index is 9.10. The van der Waals surface area contributed by atoms with Crippen molar-refractivity contribution < 1.29 is 9.84 Å². The lowest BCUT2D eigenvalue weighted by Crippen LogP contribution is -2.41. The van der Waals surface area contributed by atoms with Crippen LogP contribution in [-0.4, -0.2) is 37.5 Å². The molecular weight excluding hydrogens is 238 g/mol. The van der Waals surface area contributed by atoms with E-state index in [1.807, 2.05) is 0 Å².